The predicted molar refractivity (Wildman–Crippen MR) is 307 cm³/mol. The second kappa shape index (κ2) is 34.4. The Morgan fingerprint density at radius 1 is 0.412 bits per heavy atom. The van der Waals surface area contributed by atoms with Gasteiger partial charge in [-0.3, -0.25) is 0 Å². The lowest BCUT2D eigenvalue weighted by Crippen LogP contribution is -2.12. The highest BCUT2D eigenvalue weighted by Crippen LogP contribution is 2.53. The van der Waals surface area contributed by atoms with Gasteiger partial charge in [-0.05, 0) is 62.5 Å². The number of hydrogen-bond donors (Lipinski definition) is 0. The Bertz CT molecular complexity index is 1840. The minimum absolute atomic E-state index is 0.543. The molecule has 8 heteroatoms. The molecule has 2 unspecified atom stereocenters. The van der Waals surface area contributed by atoms with Crippen molar-refractivity contribution < 1.29 is 9.47 Å². The Morgan fingerprint density at radius 2 is 0.735 bits per heavy atom. The van der Waals surface area contributed by atoms with E-state index in [1.807, 2.05) is 45.3 Å². The van der Waals surface area contributed by atoms with E-state index >= 15 is 0 Å². The topological polar surface area (TPSA) is 44.2 Å². The first-order valence-corrected chi connectivity index (χ1v) is 32.1. The molecule has 4 aromatic heterocycles. The van der Waals surface area contributed by atoms with Crippen molar-refractivity contribution >= 4 is 65.5 Å². The van der Waals surface area contributed by atoms with Gasteiger partial charge in [0.25, 0.3) is 0 Å². The van der Waals surface area contributed by atoms with Crippen molar-refractivity contribution in [1.29, 1.82) is 0 Å². The summed E-state index contributed by atoms with van der Waals surface area (Å²) in [5.74, 6) is 3.16. The van der Waals surface area contributed by atoms with E-state index in [9.17, 15) is 0 Å². The van der Waals surface area contributed by atoms with E-state index in [0.29, 0.717) is 11.8 Å². The lowest BCUT2D eigenvalue weighted by molar-refractivity contribution is 0.235. The highest BCUT2D eigenvalue weighted by molar-refractivity contribution is 7.27. The van der Waals surface area contributed by atoms with Gasteiger partial charge in [-0.2, -0.15) is 0 Å². The normalized spacial score (nSPS) is 12.8. The molecule has 0 saturated heterocycles. The van der Waals surface area contributed by atoms with Gasteiger partial charge in [-0.25, -0.2) is 9.97 Å². The maximum absolute atomic E-state index is 7.13. The van der Waals surface area contributed by atoms with Crippen LogP contribution in [-0.4, -0.2) is 23.2 Å². The van der Waals surface area contributed by atoms with Crippen LogP contribution in [0.1, 0.15) is 258 Å². The number of hydrogen-bond acceptors (Lipinski definition) is 8. The molecule has 0 aliphatic heterocycles. The number of aryl methyl sites for hydroxylation is 2. The molecule has 1 aromatic carbocycles. The third kappa shape index (κ3) is 19.5. The number of ether oxygens (including phenoxy) is 2. The van der Waals surface area contributed by atoms with Crippen LogP contribution in [0.2, 0.25) is 0 Å². The fourth-order valence-electron chi connectivity index (χ4n) is 9.76. The van der Waals surface area contributed by atoms with Gasteiger partial charge in [0.15, 0.2) is 0 Å². The zero-order valence-electron chi connectivity index (χ0n) is 44.3. The first-order valence-electron chi connectivity index (χ1n) is 28.7. The molecule has 68 heavy (non-hydrogen) atoms. The number of aromatic nitrogens is 2. The first-order chi connectivity index (χ1) is 33.5. The summed E-state index contributed by atoms with van der Waals surface area (Å²) in [5, 5.41) is 9.28. The average Bonchev–Trinajstić information content (AvgIpc) is 4.20. The molecule has 0 amide bonds. The lowest BCUT2D eigenvalue weighted by Gasteiger charge is -2.19. The summed E-state index contributed by atoms with van der Waals surface area (Å²) < 4.78 is 16.7. The number of unbranched alkanes of at least 4 members (excludes halogenated alkanes) is 24. The number of rotatable bonds is 42. The maximum atomic E-state index is 7.13. The van der Waals surface area contributed by atoms with Crippen LogP contribution >= 0.6 is 45.3 Å². The minimum Gasteiger partial charge on any atom is -0.491 e. The summed E-state index contributed by atoms with van der Waals surface area (Å²) in [6.07, 6.45) is 44.9. The van der Waals surface area contributed by atoms with E-state index in [-0.39, 0.29) is 0 Å². The molecule has 5 aromatic rings. The third-order valence-corrected chi connectivity index (χ3v) is 18.9. The summed E-state index contributed by atoms with van der Waals surface area (Å²) in [4.78, 5) is 13.0. The van der Waals surface area contributed by atoms with Crippen molar-refractivity contribution in [2.24, 2.45) is 11.8 Å². The van der Waals surface area contributed by atoms with E-state index < -0.39 is 0 Å². The number of benzene rings is 1. The van der Waals surface area contributed by atoms with Crippen molar-refractivity contribution in [2.75, 3.05) is 13.2 Å². The van der Waals surface area contributed by atoms with E-state index in [2.05, 4.69) is 64.4 Å². The highest BCUT2D eigenvalue weighted by atomic mass is 32.1. The Hall–Kier alpha value is -2.00. The SMILES string of the molecule is CCCCCCCCCCCCCCc1csc(-c2cc3c(OCC(CC)CCCC)c4sc(-c5nc(CCCCCCCCCCCCCC)cs5)cc4c(OCC(CC)CCCC)c3s2)n1. The summed E-state index contributed by atoms with van der Waals surface area (Å²) in [7, 11) is 0. The average molecular weight is 1010 g/mol. The summed E-state index contributed by atoms with van der Waals surface area (Å²) in [6.45, 7) is 15.4. The lowest BCUT2D eigenvalue weighted by atomic mass is 10.0. The molecular formula is C60H96N2O2S4. The zero-order chi connectivity index (χ0) is 48.0. The van der Waals surface area contributed by atoms with Gasteiger partial charge < -0.3 is 9.47 Å². The van der Waals surface area contributed by atoms with Crippen LogP contribution in [0.25, 0.3) is 39.9 Å². The van der Waals surface area contributed by atoms with Gasteiger partial charge >= 0.3 is 0 Å². The molecule has 382 valence electrons. The van der Waals surface area contributed by atoms with Gasteiger partial charge in [0.05, 0.1) is 43.8 Å². The van der Waals surface area contributed by atoms with Crippen LogP contribution in [0.5, 0.6) is 11.5 Å². The molecule has 4 nitrogen and oxygen atoms in total. The van der Waals surface area contributed by atoms with E-state index in [1.54, 1.807) is 0 Å². The van der Waals surface area contributed by atoms with Crippen molar-refractivity contribution in [3.8, 4) is 31.3 Å². The smallest absolute Gasteiger partial charge is 0.146 e. The van der Waals surface area contributed by atoms with Crippen LogP contribution in [0.3, 0.4) is 0 Å². The van der Waals surface area contributed by atoms with Crippen molar-refractivity contribution in [3.05, 3.63) is 34.3 Å². The monoisotopic (exact) mass is 1000 g/mol. The van der Waals surface area contributed by atoms with Crippen LogP contribution in [0.4, 0.5) is 0 Å². The van der Waals surface area contributed by atoms with Gasteiger partial charge in [-0.1, -0.05) is 221 Å². The summed E-state index contributed by atoms with van der Waals surface area (Å²) >= 11 is 7.35. The molecule has 0 bridgehead atoms. The van der Waals surface area contributed by atoms with Crippen molar-refractivity contribution in [3.63, 3.8) is 0 Å². The minimum atomic E-state index is 0.543. The van der Waals surface area contributed by atoms with Crippen LogP contribution in [-0.2, 0) is 12.8 Å². The molecular weight excluding hydrogens is 909 g/mol. The Balaban J connectivity index is 1.32. The van der Waals surface area contributed by atoms with Crippen LogP contribution in [0.15, 0.2) is 22.9 Å². The Labute approximate surface area is 432 Å². The van der Waals surface area contributed by atoms with E-state index in [0.717, 1.165) is 60.4 Å². The molecule has 4 heterocycles. The predicted octanol–water partition coefficient (Wildman–Crippen LogP) is 22.0. The summed E-state index contributed by atoms with van der Waals surface area (Å²) in [5.41, 5.74) is 2.50. The fraction of sp³-hybridized carbons (Fsp3) is 0.733. The van der Waals surface area contributed by atoms with E-state index in [4.69, 9.17) is 19.4 Å². The molecule has 0 aliphatic carbocycles. The zero-order valence-corrected chi connectivity index (χ0v) is 47.5. The number of thiazole rings is 2. The van der Waals surface area contributed by atoms with Gasteiger partial charge in [-0.15, -0.1) is 45.3 Å². The highest BCUT2D eigenvalue weighted by Gasteiger charge is 2.25. The van der Waals surface area contributed by atoms with Crippen LogP contribution < -0.4 is 9.47 Å². The molecule has 5 rings (SSSR count). The quantitative estimate of drug-likeness (QED) is 0.0366. The van der Waals surface area contributed by atoms with Gasteiger partial charge in [0.2, 0.25) is 0 Å². The second-order valence-electron chi connectivity index (χ2n) is 20.4. The molecule has 2 atom stereocenters. The first kappa shape index (κ1) is 56.9. The molecule has 0 fully saturated rings. The molecule has 0 aliphatic rings. The molecule has 0 saturated carbocycles. The Kier molecular flexibility index (Phi) is 28.8. The maximum Gasteiger partial charge on any atom is 0.146 e. The molecule has 0 N–H and O–H groups in total. The largest absolute Gasteiger partial charge is 0.491 e. The molecule has 0 spiro atoms. The second-order valence-corrected chi connectivity index (χ2v) is 24.2. The van der Waals surface area contributed by atoms with Crippen LogP contribution in [0, 0.1) is 11.8 Å². The standard InChI is InChI=1S/C60H96N2O2S4/c1-7-13-17-19-21-23-25-27-29-31-33-35-39-49-45-65-59(61-49)53-41-51-55(63-43-47(11-5)37-15-9-3)58-52(56(57(51)67-53)64-44-48(12-6)38-16-10-4)42-54(68-58)60-62-50(46-66-60)40-36-34-32-30-28-26-24-22-20-18-14-8-2/h41-42,45-48H,7-40,43-44H2,1-6H3. The molecule has 0 radical (unpaired) electrons. The third-order valence-electron chi connectivity index (χ3n) is 14.5. The Morgan fingerprint density at radius 3 is 1.06 bits per heavy atom. The van der Waals surface area contributed by atoms with Gasteiger partial charge in [0.1, 0.15) is 21.5 Å². The van der Waals surface area contributed by atoms with Gasteiger partial charge in [0, 0.05) is 21.5 Å². The number of fused-ring (bicyclic) bond motifs is 2. The summed E-state index contributed by atoms with van der Waals surface area (Å²) in [6, 6.07) is 4.79. The number of nitrogens with zero attached hydrogens (tertiary/aromatic N) is 2. The van der Waals surface area contributed by atoms with Crippen molar-refractivity contribution in [2.45, 2.75) is 260 Å². The number of thiophene rings is 2. The van der Waals surface area contributed by atoms with E-state index in [1.165, 1.54) is 234 Å². The van der Waals surface area contributed by atoms with Crippen molar-refractivity contribution in [1.82, 2.24) is 9.97 Å². The fourth-order valence-corrected chi connectivity index (χ4v) is 13.9.